The number of nitrogens with zero attached hydrogens (tertiary/aromatic N) is 4. The molecule has 13 heteroatoms. The Hall–Kier alpha value is -4.28. The molecular formula is C30H33F3N4O6. The van der Waals surface area contributed by atoms with Crippen LogP contribution in [0.4, 0.5) is 13.2 Å². The fourth-order valence-electron chi connectivity index (χ4n) is 5.22. The predicted molar refractivity (Wildman–Crippen MR) is 150 cm³/mol. The zero-order chi connectivity index (χ0) is 31.5. The summed E-state index contributed by atoms with van der Waals surface area (Å²) in [6.07, 6.45) is -3.67. The summed E-state index contributed by atoms with van der Waals surface area (Å²) in [6, 6.07) is 10.9. The normalized spacial score (nSPS) is 16.0. The molecule has 10 nitrogen and oxygen atoms in total. The SMILES string of the molecule is COc1cc(CC(=O)O)ccc1OC1CCN(CC(O)(c2cn(CC(=O)N(C)C)c3cc(C#N)ccc23)C(F)(F)F)CC1. The summed E-state index contributed by atoms with van der Waals surface area (Å²) in [5, 5.41) is 29.9. The van der Waals surface area contributed by atoms with Gasteiger partial charge < -0.3 is 29.2 Å². The lowest BCUT2D eigenvalue weighted by Crippen LogP contribution is -2.53. The highest BCUT2D eigenvalue weighted by molar-refractivity contribution is 5.88. The highest BCUT2D eigenvalue weighted by atomic mass is 19.4. The van der Waals surface area contributed by atoms with Gasteiger partial charge in [-0.2, -0.15) is 18.4 Å². The fraction of sp³-hybridized carbons (Fsp3) is 0.433. The fourth-order valence-corrected chi connectivity index (χ4v) is 5.22. The van der Waals surface area contributed by atoms with E-state index in [0.29, 0.717) is 29.9 Å². The third-order valence-electron chi connectivity index (χ3n) is 7.59. The second-order valence-corrected chi connectivity index (χ2v) is 10.8. The lowest BCUT2D eigenvalue weighted by molar-refractivity contribution is -0.272. The molecule has 1 aliphatic rings. The van der Waals surface area contributed by atoms with Crippen LogP contribution in [0.2, 0.25) is 0 Å². The van der Waals surface area contributed by atoms with Crippen molar-refractivity contribution < 1.29 is 42.4 Å². The number of alkyl halides is 3. The van der Waals surface area contributed by atoms with Crippen molar-refractivity contribution >= 4 is 22.8 Å². The second kappa shape index (κ2) is 12.5. The number of likely N-dealkylation sites (tertiary alicyclic amines) is 1. The molecule has 4 rings (SSSR count). The highest BCUT2D eigenvalue weighted by Gasteiger charge is 2.57. The summed E-state index contributed by atoms with van der Waals surface area (Å²) in [5.41, 5.74) is -2.67. The first-order chi connectivity index (χ1) is 20.2. The Morgan fingerprint density at radius 1 is 1.12 bits per heavy atom. The standard InChI is InChI=1S/C30H33F3N4O6/c1-35(2)27(38)17-37-16-23(22-6-4-20(15-34)12-24(22)37)29(41,30(31,32)33)18-36-10-8-21(9-11-36)43-25-7-5-19(14-28(39)40)13-26(25)42-3/h4-7,12-13,16,21,41H,8-11,14,17-18H2,1-3H3,(H,39,40). The van der Waals surface area contributed by atoms with Crippen LogP contribution in [-0.2, 0) is 28.2 Å². The van der Waals surface area contributed by atoms with Gasteiger partial charge in [0.2, 0.25) is 11.5 Å². The number of hydrogen-bond acceptors (Lipinski definition) is 7. The number of carbonyl (C=O) groups is 2. The molecule has 0 radical (unpaired) electrons. The van der Waals surface area contributed by atoms with Gasteiger partial charge in [0, 0.05) is 50.9 Å². The summed E-state index contributed by atoms with van der Waals surface area (Å²) in [6.45, 7) is -0.593. The van der Waals surface area contributed by atoms with Crippen molar-refractivity contribution in [3.8, 4) is 17.6 Å². The smallest absolute Gasteiger partial charge is 0.422 e. The summed E-state index contributed by atoms with van der Waals surface area (Å²) in [7, 11) is 4.49. The maximum absolute atomic E-state index is 14.7. The van der Waals surface area contributed by atoms with Crippen LogP contribution in [0.15, 0.2) is 42.6 Å². The van der Waals surface area contributed by atoms with E-state index in [-0.39, 0.29) is 54.5 Å². The van der Waals surface area contributed by atoms with E-state index < -0.39 is 29.9 Å². The number of fused-ring (bicyclic) bond motifs is 1. The molecule has 1 aromatic heterocycles. The molecule has 0 saturated carbocycles. The van der Waals surface area contributed by atoms with Gasteiger partial charge in [0.05, 0.1) is 30.7 Å². The van der Waals surface area contributed by atoms with E-state index in [2.05, 4.69) is 0 Å². The van der Waals surface area contributed by atoms with Gasteiger partial charge in [-0.05, 0) is 42.7 Å². The minimum Gasteiger partial charge on any atom is -0.493 e. The quantitative estimate of drug-likeness (QED) is 0.361. The maximum atomic E-state index is 14.7. The Morgan fingerprint density at radius 2 is 1.81 bits per heavy atom. The van der Waals surface area contributed by atoms with Gasteiger partial charge in [-0.1, -0.05) is 12.1 Å². The van der Waals surface area contributed by atoms with E-state index in [9.17, 15) is 33.1 Å². The average molecular weight is 603 g/mol. The van der Waals surface area contributed by atoms with E-state index in [1.165, 1.54) is 53.8 Å². The number of ether oxygens (including phenoxy) is 2. The Labute approximate surface area is 246 Å². The van der Waals surface area contributed by atoms with Gasteiger partial charge in [-0.15, -0.1) is 0 Å². The minimum atomic E-state index is -5.05. The van der Waals surface area contributed by atoms with E-state index in [1.54, 1.807) is 18.2 Å². The molecule has 1 atom stereocenters. The number of carboxylic acids is 1. The molecule has 1 aliphatic heterocycles. The van der Waals surface area contributed by atoms with Crippen molar-refractivity contribution in [3.05, 3.63) is 59.3 Å². The number of rotatable bonds is 10. The van der Waals surface area contributed by atoms with Crippen LogP contribution in [0.5, 0.6) is 11.5 Å². The molecule has 1 saturated heterocycles. The van der Waals surface area contributed by atoms with Crippen LogP contribution in [0.1, 0.15) is 29.5 Å². The maximum Gasteiger partial charge on any atom is 0.422 e. The lowest BCUT2D eigenvalue weighted by atomic mass is 9.90. The summed E-state index contributed by atoms with van der Waals surface area (Å²) in [4.78, 5) is 26.3. The van der Waals surface area contributed by atoms with Crippen molar-refractivity contribution in [2.75, 3.05) is 40.8 Å². The van der Waals surface area contributed by atoms with E-state index in [0.717, 1.165) is 6.20 Å². The van der Waals surface area contributed by atoms with Crippen molar-refractivity contribution in [2.24, 2.45) is 0 Å². The monoisotopic (exact) mass is 602 g/mol. The Morgan fingerprint density at radius 3 is 2.40 bits per heavy atom. The van der Waals surface area contributed by atoms with E-state index in [1.807, 2.05) is 6.07 Å². The topological polar surface area (TPSA) is 128 Å². The number of hydrogen-bond donors (Lipinski definition) is 2. The Bertz CT molecular complexity index is 1540. The van der Waals surface area contributed by atoms with Crippen LogP contribution < -0.4 is 9.47 Å². The number of piperidine rings is 1. The van der Waals surface area contributed by atoms with Crippen LogP contribution in [-0.4, -0.2) is 89.6 Å². The van der Waals surface area contributed by atoms with Gasteiger partial charge in [-0.25, -0.2) is 0 Å². The molecule has 2 heterocycles. The van der Waals surface area contributed by atoms with Gasteiger partial charge in [-0.3, -0.25) is 14.5 Å². The first kappa shape index (κ1) is 31.7. The molecule has 1 unspecified atom stereocenters. The molecule has 2 N–H and O–H groups in total. The highest BCUT2D eigenvalue weighted by Crippen LogP contribution is 2.44. The molecule has 0 bridgehead atoms. The molecule has 0 aliphatic carbocycles. The first-order valence-electron chi connectivity index (χ1n) is 13.6. The Kier molecular flexibility index (Phi) is 9.22. The average Bonchev–Trinajstić information content (AvgIpc) is 3.31. The number of likely N-dealkylation sites (N-methyl/N-ethyl adjacent to an activating group) is 1. The summed E-state index contributed by atoms with van der Waals surface area (Å²) < 4.78 is 56.8. The number of amides is 1. The number of methoxy groups -OCH3 is 1. The predicted octanol–water partition coefficient (Wildman–Crippen LogP) is 3.53. The first-order valence-corrected chi connectivity index (χ1v) is 13.6. The zero-order valence-corrected chi connectivity index (χ0v) is 24.0. The number of β-amino-alcohol motifs (C(OH)–C–C–N with tert-alkyl or cyclic N) is 1. The van der Waals surface area contributed by atoms with E-state index in [4.69, 9.17) is 14.6 Å². The molecule has 3 aromatic rings. The number of aliphatic carboxylic acids is 1. The lowest BCUT2D eigenvalue weighted by Gasteiger charge is -2.39. The van der Waals surface area contributed by atoms with Crippen molar-refractivity contribution in [1.29, 1.82) is 5.26 Å². The van der Waals surface area contributed by atoms with E-state index >= 15 is 0 Å². The molecular weight excluding hydrogens is 569 g/mol. The van der Waals surface area contributed by atoms with Crippen molar-refractivity contribution in [2.45, 2.75) is 43.7 Å². The number of benzene rings is 2. The van der Waals surface area contributed by atoms with Crippen molar-refractivity contribution in [1.82, 2.24) is 14.4 Å². The number of nitriles is 1. The number of aliphatic hydroxyl groups is 1. The Balaban J connectivity index is 1.55. The second-order valence-electron chi connectivity index (χ2n) is 10.8. The number of aromatic nitrogens is 1. The zero-order valence-electron chi connectivity index (χ0n) is 24.0. The largest absolute Gasteiger partial charge is 0.493 e. The molecule has 230 valence electrons. The summed E-state index contributed by atoms with van der Waals surface area (Å²) in [5.74, 6) is -0.591. The van der Waals surface area contributed by atoms with Crippen LogP contribution in [0.25, 0.3) is 10.9 Å². The molecule has 1 fully saturated rings. The number of carboxylic acid groups (broad SMARTS) is 1. The van der Waals surface area contributed by atoms with Crippen LogP contribution >= 0.6 is 0 Å². The van der Waals surface area contributed by atoms with Gasteiger partial charge in [0.15, 0.2) is 11.5 Å². The van der Waals surface area contributed by atoms with Crippen LogP contribution in [0.3, 0.4) is 0 Å². The third-order valence-corrected chi connectivity index (χ3v) is 7.59. The van der Waals surface area contributed by atoms with Crippen molar-refractivity contribution in [3.63, 3.8) is 0 Å². The van der Waals surface area contributed by atoms with Crippen LogP contribution in [0, 0.1) is 11.3 Å². The van der Waals surface area contributed by atoms with Gasteiger partial charge in [0.25, 0.3) is 0 Å². The minimum absolute atomic E-state index is 0.0991. The summed E-state index contributed by atoms with van der Waals surface area (Å²) >= 11 is 0. The molecule has 0 spiro atoms. The molecule has 43 heavy (non-hydrogen) atoms. The van der Waals surface area contributed by atoms with Gasteiger partial charge in [0.1, 0.15) is 12.6 Å². The number of halogens is 3. The number of carbonyl (C=O) groups excluding carboxylic acids is 1. The third kappa shape index (κ3) is 6.87. The molecule has 1 amide bonds. The molecule has 2 aromatic carbocycles. The van der Waals surface area contributed by atoms with Gasteiger partial charge >= 0.3 is 12.1 Å².